The van der Waals surface area contributed by atoms with Crippen LogP contribution in [0, 0.1) is 0 Å². The maximum Gasteiger partial charge on any atom is 0.435 e. The van der Waals surface area contributed by atoms with Crippen molar-refractivity contribution in [1.82, 2.24) is 29.4 Å². The van der Waals surface area contributed by atoms with Crippen molar-refractivity contribution in [2.75, 3.05) is 13.7 Å². The Morgan fingerprint density at radius 3 is 2.83 bits per heavy atom. The minimum Gasteiger partial charge on any atom is -0.378 e. The molecule has 1 N–H and O–H groups in total. The number of ether oxygens (including phenoxy) is 1. The summed E-state index contributed by atoms with van der Waals surface area (Å²) in [6, 6.07) is 4.34. The molecule has 8 nitrogen and oxygen atoms in total. The first-order valence-electron chi connectivity index (χ1n) is 8.44. The van der Waals surface area contributed by atoms with E-state index in [0.29, 0.717) is 23.9 Å². The molecule has 0 aliphatic heterocycles. The van der Waals surface area contributed by atoms with Gasteiger partial charge < -0.3 is 10.1 Å². The molecule has 0 saturated carbocycles. The molecular formula is C17H17F3N6O2S. The van der Waals surface area contributed by atoms with E-state index < -0.39 is 17.8 Å². The van der Waals surface area contributed by atoms with E-state index in [1.807, 2.05) is 6.07 Å². The molecule has 0 unspecified atom stereocenters. The maximum absolute atomic E-state index is 12.7. The number of aromatic nitrogens is 5. The average Bonchev–Trinajstić information content (AvgIpc) is 3.29. The monoisotopic (exact) mass is 426 g/mol. The van der Waals surface area contributed by atoms with Crippen LogP contribution in [0.1, 0.15) is 26.9 Å². The van der Waals surface area contributed by atoms with Crippen molar-refractivity contribution in [3.63, 3.8) is 0 Å². The SMILES string of the molecule is COCc1cc(-c2nsc(CCNC(=O)c3cc(C(F)(F)F)nn3C)n2)ccn1. The summed E-state index contributed by atoms with van der Waals surface area (Å²) in [5.41, 5.74) is 0.276. The smallest absolute Gasteiger partial charge is 0.378 e. The predicted octanol–water partition coefficient (Wildman–Crippen LogP) is 2.47. The molecular weight excluding hydrogens is 409 g/mol. The number of nitrogens with zero attached hydrogens (tertiary/aromatic N) is 5. The number of alkyl halides is 3. The molecule has 0 aliphatic carbocycles. The molecule has 29 heavy (non-hydrogen) atoms. The van der Waals surface area contributed by atoms with E-state index in [1.165, 1.54) is 18.6 Å². The highest BCUT2D eigenvalue weighted by molar-refractivity contribution is 7.05. The molecule has 3 aromatic heterocycles. The predicted molar refractivity (Wildman–Crippen MR) is 98.1 cm³/mol. The summed E-state index contributed by atoms with van der Waals surface area (Å²) in [7, 11) is 2.87. The number of carbonyl (C=O) groups excluding carboxylic acids is 1. The van der Waals surface area contributed by atoms with Crippen LogP contribution >= 0.6 is 11.5 Å². The second kappa shape index (κ2) is 8.66. The lowest BCUT2D eigenvalue weighted by Crippen LogP contribution is -2.27. The van der Waals surface area contributed by atoms with Crippen LogP contribution < -0.4 is 5.32 Å². The van der Waals surface area contributed by atoms with Gasteiger partial charge >= 0.3 is 6.18 Å². The fourth-order valence-electron chi connectivity index (χ4n) is 2.51. The van der Waals surface area contributed by atoms with Gasteiger partial charge in [0.1, 0.15) is 10.7 Å². The number of rotatable bonds is 7. The second-order valence-corrected chi connectivity index (χ2v) is 6.86. The molecule has 0 saturated heterocycles. The summed E-state index contributed by atoms with van der Waals surface area (Å²) in [6.07, 6.45) is -2.56. The molecule has 3 rings (SSSR count). The Bertz CT molecular complexity index is 1000. The molecule has 0 atom stereocenters. The minimum absolute atomic E-state index is 0.169. The number of carbonyl (C=O) groups is 1. The van der Waals surface area contributed by atoms with Crippen LogP contribution in [0.25, 0.3) is 11.4 Å². The van der Waals surface area contributed by atoms with Crippen LogP contribution in [0.15, 0.2) is 24.4 Å². The normalized spacial score (nSPS) is 11.6. The Morgan fingerprint density at radius 1 is 1.34 bits per heavy atom. The van der Waals surface area contributed by atoms with E-state index >= 15 is 0 Å². The molecule has 0 radical (unpaired) electrons. The Morgan fingerprint density at radius 2 is 2.14 bits per heavy atom. The first-order valence-corrected chi connectivity index (χ1v) is 9.21. The van der Waals surface area contributed by atoms with Gasteiger partial charge in [0, 0.05) is 44.9 Å². The van der Waals surface area contributed by atoms with E-state index in [9.17, 15) is 18.0 Å². The summed E-state index contributed by atoms with van der Waals surface area (Å²) >= 11 is 1.19. The van der Waals surface area contributed by atoms with E-state index in [-0.39, 0.29) is 12.2 Å². The summed E-state index contributed by atoms with van der Waals surface area (Å²) in [5, 5.41) is 6.58. The number of hydrogen-bond acceptors (Lipinski definition) is 7. The lowest BCUT2D eigenvalue weighted by Gasteiger charge is -2.03. The standard InChI is InChI=1S/C17H17F3N6O2S/c1-26-12(8-13(24-26)17(18,19)20)16(27)22-6-4-14-23-15(25-29-14)10-3-5-21-11(7-10)9-28-2/h3,5,7-8H,4,6,9H2,1-2H3,(H,22,27). The fourth-order valence-corrected chi connectivity index (χ4v) is 3.17. The maximum atomic E-state index is 12.7. The Labute approximate surface area is 167 Å². The largest absolute Gasteiger partial charge is 0.435 e. The number of methoxy groups -OCH3 is 1. The van der Waals surface area contributed by atoms with Gasteiger partial charge in [-0.25, -0.2) is 4.98 Å². The Hall–Kier alpha value is -2.86. The van der Waals surface area contributed by atoms with E-state index in [0.717, 1.165) is 22.0 Å². The molecule has 154 valence electrons. The van der Waals surface area contributed by atoms with E-state index in [2.05, 4.69) is 24.8 Å². The zero-order chi connectivity index (χ0) is 21.0. The van der Waals surface area contributed by atoms with Crippen LogP contribution in [-0.4, -0.2) is 43.7 Å². The average molecular weight is 426 g/mol. The lowest BCUT2D eigenvalue weighted by atomic mass is 10.2. The van der Waals surface area contributed by atoms with Gasteiger partial charge in [0.15, 0.2) is 11.5 Å². The molecule has 12 heteroatoms. The number of nitrogens with one attached hydrogen (secondary N) is 1. The van der Waals surface area contributed by atoms with Crippen molar-refractivity contribution in [2.45, 2.75) is 19.2 Å². The van der Waals surface area contributed by atoms with Gasteiger partial charge in [-0.05, 0) is 23.7 Å². The highest BCUT2D eigenvalue weighted by atomic mass is 32.1. The van der Waals surface area contributed by atoms with Crippen LogP contribution in [0.3, 0.4) is 0 Å². The fraction of sp³-hybridized carbons (Fsp3) is 0.353. The van der Waals surface area contributed by atoms with Gasteiger partial charge in [0.2, 0.25) is 0 Å². The van der Waals surface area contributed by atoms with Gasteiger partial charge in [0.05, 0.1) is 12.3 Å². The zero-order valence-electron chi connectivity index (χ0n) is 15.5. The van der Waals surface area contributed by atoms with Gasteiger partial charge in [-0.2, -0.15) is 22.6 Å². The summed E-state index contributed by atoms with van der Waals surface area (Å²) in [4.78, 5) is 20.7. The molecule has 0 aromatic carbocycles. The number of hydrogen-bond donors (Lipinski definition) is 1. The summed E-state index contributed by atoms with van der Waals surface area (Å²) in [5.74, 6) is -0.101. The molecule has 3 aromatic rings. The highest BCUT2D eigenvalue weighted by Gasteiger charge is 2.35. The first kappa shape index (κ1) is 20.9. The van der Waals surface area contributed by atoms with Gasteiger partial charge in [-0.3, -0.25) is 14.5 Å². The van der Waals surface area contributed by atoms with Gasteiger partial charge in [-0.15, -0.1) is 0 Å². The molecule has 0 spiro atoms. The molecule has 3 heterocycles. The van der Waals surface area contributed by atoms with Crippen molar-refractivity contribution < 1.29 is 22.7 Å². The Balaban J connectivity index is 1.58. The van der Waals surface area contributed by atoms with Crippen LogP contribution in [0.4, 0.5) is 13.2 Å². The van der Waals surface area contributed by atoms with Crippen molar-refractivity contribution in [2.24, 2.45) is 7.05 Å². The van der Waals surface area contributed by atoms with Crippen LogP contribution in [0.2, 0.25) is 0 Å². The number of amides is 1. The number of aryl methyl sites for hydroxylation is 1. The van der Waals surface area contributed by atoms with Crippen molar-refractivity contribution in [3.8, 4) is 11.4 Å². The molecule has 0 fully saturated rings. The lowest BCUT2D eigenvalue weighted by molar-refractivity contribution is -0.141. The summed E-state index contributed by atoms with van der Waals surface area (Å²) in [6.45, 7) is 0.576. The number of halogens is 3. The zero-order valence-corrected chi connectivity index (χ0v) is 16.3. The van der Waals surface area contributed by atoms with Crippen LogP contribution in [-0.2, 0) is 31.0 Å². The topological polar surface area (TPSA) is 94.8 Å². The minimum atomic E-state index is -4.60. The molecule has 0 bridgehead atoms. The highest BCUT2D eigenvalue weighted by Crippen LogP contribution is 2.28. The molecule has 0 aliphatic rings. The van der Waals surface area contributed by atoms with E-state index in [1.54, 1.807) is 19.4 Å². The van der Waals surface area contributed by atoms with Crippen LogP contribution in [0.5, 0.6) is 0 Å². The third-order valence-corrected chi connectivity index (χ3v) is 4.63. The van der Waals surface area contributed by atoms with Gasteiger partial charge in [0.25, 0.3) is 5.91 Å². The van der Waals surface area contributed by atoms with E-state index in [4.69, 9.17) is 4.74 Å². The first-order chi connectivity index (χ1) is 13.8. The Kier molecular flexibility index (Phi) is 6.23. The quantitative estimate of drug-likeness (QED) is 0.624. The van der Waals surface area contributed by atoms with Crippen molar-refractivity contribution in [1.29, 1.82) is 0 Å². The molecule has 1 amide bonds. The third kappa shape index (κ3) is 5.15. The second-order valence-electron chi connectivity index (χ2n) is 6.02. The summed E-state index contributed by atoms with van der Waals surface area (Å²) < 4.78 is 48.3. The van der Waals surface area contributed by atoms with Crippen molar-refractivity contribution in [3.05, 3.63) is 46.5 Å². The number of pyridine rings is 1. The van der Waals surface area contributed by atoms with Crippen molar-refractivity contribution >= 4 is 17.4 Å². The third-order valence-electron chi connectivity index (χ3n) is 3.86. The van der Waals surface area contributed by atoms with Gasteiger partial charge in [-0.1, -0.05) is 0 Å².